The third-order valence-corrected chi connectivity index (χ3v) is 6.66. The van der Waals surface area contributed by atoms with Gasteiger partial charge in [0, 0.05) is 5.69 Å². The number of carbonyl (C=O) groups excluding carboxylic acids is 3. The Morgan fingerprint density at radius 1 is 1.08 bits per heavy atom. The molecular weight excluding hydrogens is 567 g/mol. The molecule has 1 fully saturated rings. The van der Waals surface area contributed by atoms with Crippen LogP contribution < -0.4 is 10.1 Å². The van der Waals surface area contributed by atoms with Gasteiger partial charge in [0.05, 0.1) is 14.9 Å². The lowest BCUT2D eigenvalue weighted by Gasteiger charge is -2.12. The molecule has 0 aromatic heterocycles. The quantitative estimate of drug-likeness (QED) is 0.334. The number of benzene rings is 3. The first kappa shape index (κ1) is 26.1. The van der Waals surface area contributed by atoms with E-state index in [9.17, 15) is 23.6 Å². The molecule has 0 atom stereocenters. The summed E-state index contributed by atoms with van der Waals surface area (Å²) < 4.78 is 19.7. The van der Waals surface area contributed by atoms with E-state index in [-0.39, 0.29) is 22.8 Å². The predicted molar refractivity (Wildman–Crippen MR) is 140 cm³/mol. The smallest absolute Gasteiger partial charge is 0.335 e. The lowest BCUT2D eigenvalue weighted by Crippen LogP contribution is -2.36. The average Bonchev–Trinajstić information content (AvgIpc) is 3.11. The molecule has 0 unspecified atom stereocenters. The molecule has 0 spiro atoms. The first-order chi connectivity index (χ1) is 17.7. The van der Waals surface area contributed by atoms with Crippen LogP contribution in [0.15, 0.2) is 76.1 Å². The molecule has 1 saturated heterocycles. The Labute approximate surface area is 223 Å². The minimum absolute atomic E-state index is 0.155. The van der Waals surface area contributed by atoms with Gasteiger partial charge in [0.1, 0.15) is 24.7 Å². The SMILES string of the molecule is O=C(CN1C(=O)S/C(=C/c2ccc(OCc3ccc(C(=O)O)cc3)c(Br)c2)C1=O)Nc1cccc(F)c1. The van der Waals surface area contributed by atoms with Crippen molar-refractivity contribution in [3.8, 4) is 5.75 Å². The number of rotatable bonds is 8. The van der Waals surface area contributed by atoms with Crippen LogP contribution in [0.5, 0.6) is 5.75 Å². The second-order valence-corrected chi connectivity index (χ2v) is 9.65. The molecule has 37 heavy (non-hydrogen) atoms. The summed E-state index contributed by atoms with van der Waals surface area (Å²) in [7, 11) is 0. The lowest BCUT2D eigenvalue weighted by atomic mass is 10.1. The van der Waals surface area contributed by atoms with E-state index in [4.69, 9.17) is 9.84 Å². The van der Waals surface area contributed by atoms with Crippen molar-refractivity contribution in [2.24, 2.45) is 0 Å². The fourth-order valence-corrected chi connectivity index (χ4v) is 4.68. The van der Waals surface area contributed by atoms with Crippen LogP contribution in [0.3, 0.4) is 0 Å². The standard InChI is InChI=1S/C26H18BrFN2O6S/c27-20-10-16(6-9-21(20)36-14-15-4-7-17(8-5-15)25(33)34)11-22-24(32)30(26(35)37-22)13-23(31)29-19-3-1-2-18(28)12-19/h1-12H,13-14H2,(H,29,31)(H,33,34)/b22-11+. The fraction of sp³-hybridized carbons (Fsp3) is 0.0769. The van der Waals surface area contributed by atoms with E-state index in [1.54, 1.807) is 30.3 Å². The number of hydrogen-bond donors (Lipinski definition) is 2. The molecule has 0 bridgehead atoms. The summed E-state index contributed by atoms with van der Waals surface area (Å²) in [6.45, 7) is -0.281. The second kappa shape index (κ2) is 11.4. The molecule has 0 aliphatic carbocycles. The van der Waals surface area contributed by atoms with Gasteiger partial charge in [-0.3, -0.25) is 19.3 Å². The van der Waals surface area contributed by atoms with Crippen molar-refractivity contribution in [2.75, 3.05) is 11.9 Å². The Morgan fingerprint density at radius 3 is 2.51 bits per heavy atom. The summed E-state index contributed by atoms with van der Waals surface area (Å²) in [5, 5.41) is 10.9. The summed E-state index contributed by atoms with van der Waals surface area (Å²) >= 11 is 4.15. The highest BCUT2D eigenvalue weighted by molar-refractivity contribution is 9.10. The van der Waals surface area contributed by atoms with E-state index < -0.39 is 35.4 Å². The van der Waals surface area contributed by atoms with Gasteiger partial charge in [0.25, 0.3) is 11.1 Å². The van der Waals surface area contributed by atoms with Gasteiger partial charge in [0.2, 0.25) is 5.91 Å². The highest BCUT2D eigenvalue weighted by atomic mass is 79.9. The zero-order chi connectivity index (χ0) is 26.5. The summed E-state index contributed by atoms with van der Waals surface area (Å²) in [5.41, 5.74) is 1.82. The first-order valence-corrected chi connectivity index (χ1v) is 12.4. The Kier molecular flexibility index (Phi) is 8.04. The minimum atomic E-state index is -1.00. The van der Waals surface area contributed by atoms with E-state index in [0.717, 1.165) is 28.3 Å². The van der Waals surface area contributed by atoms with Crippen molar-refractivity contribution in [3.63, 3.8) is 0 Å². The van der Waals surface area contributed by atoms with Crippen molar-refractivity contribution >= 4 is 62.5 Å². The zero-order valence-corrected chi connectivity index (χ0v) is 21.3. The third-order valence-electron chi connectivity index (χ3n) is 5.13. The Hall–Kier alpha value is -3.96. The Bertz CT molecular complexity index is 1430. The van der Waals surface area contributed by atoms with Crippen molar-refractivity contribution in [2.45, 2.75) is 6.61 Å². The van der Waals surface area contributed by atoms with Crippen LogP contribution >= 0.6 is 27.7 Å². The topological polar surface area (TPSA) is 113 Å². The number of anilines is 1. The number of halogens is 2. The molecule has 3 aromatic rings. The van der Waals surface area contributed by atoms with Crippen LogP contribution in [-0.4, -0.2) is 39.6 Å². The van der Waals surface area contributed by atoms with Gasteiger partial charge in [-0.25, -0.2) is 9.18 Å². The van der Waals surface area contributed by atoms with Gasteiger partial charge in [-0.05, 0) is 87.4 Å². The van der Waals surface area contributed by atoms with Gasteiger partial charge >= 0.3 is 5.97 Å². The largest absolute Gasteiger partial charge is 0.488 e. The van der Waals surface area contributed by atoms with E-state index in [1.165, 1.54) is 36.4 Å². The van der Waals surface area contributed by atoms with Crippen LogP contribution in [0.1, 0.15) is 21.5 Å². The van der Waals surface area contributed by atoms with Gasteiger partial charge in [-0.1, -0.05) is 24.3 Å². The molecule has 1 aliphatic rings. The molecule has 3 aromatic carbocycles. The Balaban J connectivity index is 1.38. The van der Waals surface area contributed by atoms with Crippen molar-refractivity contribution < 1.29 is 33.4 Å². The monoisotopic (exact) mass is 584 g/mol. The average molecular weight is 585 g/mol. The number of carboxylic acid groups (broad SMARTS) is 1. The predicted octanol–water partition coefficient (Wildman–Crippen LogP) is 5.54. The molecule has 4 rings (SSSR count). The van der Waals surface area contributed by atoms with Crippen LogP contribution in [-0.2, 0) is 16.2 Å². The number of nitrogens with zero attached hydrogens (tertiary/aromatic N) is 1. The minimum Gasteiger partial charge on any atom is -0.488 e. The number of hydrogen-bond acceptors (Lipinski definition) is 6. The first-order valence-electron chi connectivity index (χ1n) is 10.7. The number of carbonyl (C=O) groups is 4. The Morgan fingerprint density at radius 2 is 1.84 bits per heavy atom. The maximum absolute atomic E-state index is 13.3. The molecule has 2 N–H and O–H groups in total. The van der Waals surface area contributed by atoms with Gasteiger partial charge in [0.15, 0.2) is 0 Å². The summed E-state index contributed by atoms with van der Waals surface area (Å²) in [6.07, 6.45) is 1.54. The number of nitrogens with one attached hydrogen (secondary N) is 1. The molecule has 3 amide bonds. The maximum atomic E-state index is 13.3. The molecule has 0 saturated carbocycles. The van der Waals surface area contributed by atoms with Crippen LogP contribution in [0.4, 0.5) is 14.9 Å². The third kappa shape index (κ3) is 6.63. The number of ether oxygens (including phenoxy) is 1. The van der Waals surface area contributed by atoms with E-state index >= 15 is 0 Å². The van der Waals surface area contributed by atoms with E-state index in [0.29, 0.717) is 15.8 Å². The number of amides is 3. The molecular formula is C26H18BrFN2O6S. The van der Waals surface area contributed by atoms with Crippen molar-refractivity contribution in [1.82, 2.24) is 4.90 Å². The normalized spacial score (nSPS) is 14.2. The lowest BCUT2D eigenvalue weighted by molar-refractivity contribution is -0.127. The number of thioether (sulfide) groups is 1. The zero-order valence-electron chi connectivity index (χ0n) is 18.9. The van der Waals surface area contributed by atoms with Crippen LogP contribution in [0.25, 0.3) is 6.08 Å². The summed E-state index contributed by atoms with van der Waals surface area (Å²) in [5.74, 6) is -2.23. The molecule has 1 aliphatic heterocycles. The summed E-state index contributed by atoms with van der Waals surface area (Å²) in [4.78, 5) is 49.3. The van der Waals surface area contributed by atoms with Crippen LogP contribution in [0.2, 0.25) is 0 Å². The van der Waals surface area contributed by atoms with Gasteiger partial charge in [-0.2, -0.15) is 0 Å². The highest BCUT2D eigenvalue weighted by Crippen LogP contribution is 2.34. The summed E-state index contributed by atoms with van der Waals surface area (Å²) in [6, 6.07) is 16.7. The van der Waals surface area contributed by atoms with E-state index in [2.05, 4.69) is 21.2 Å². The molecule has 0 radical (unpaired) electrons. The molecule has 8 nitrogen and oxygen atoms in total. The van der Waals surface area contributed by atoms with Crippen molar-refractivity contribution in [3.05, 3.63) is 98.6 Å². The second-order valence-electron chi connectivity index (χ2n) is 7.81. The molecule has 11 heteroatoms. The van der Waals surface area contributed by atoms with E-state index in [1.807, 2.05) is 0 Å². The highest BCUT2D eigenvalue weighted by Gasteiger charge is 2.36. The van der Waals surface area contributed by atoms with Crippen molar-refractivity contribution in [1.29, 1.82) is 0 Å². The number of imide groups is 1. The maximum Gasteiger partial charge on any atom is 0.335 e. The van der Waals surface area contributed by atoms with Gasteiger partial charge < -0.3 is 15.2 Å². The number of carboxylic acids is 1. The molecule has 188 valence electrons. The van der Waals surface area contributed by atoms with Gasteiger partial charge in [-0.15, -0.1) is 0 Å². The number of aromatic carboxylic acids is 1. The van der Waals surface area contributed by atoms with Crippen LogP contribution in [0, 0.1) is 5.82 Å². The molecule has 1 heterocycles. The fourth-order valence-electron chi connectivity index (χ4n) is 3.33.